The van der Waals surface area contributed by atoms with E-state index in [0.717, 1.165) is 0 Å². The molecule has 0 amide bonds. The Bertz CT molecular complexity index is 0. The average Bonchev–Trinajstić information content (AvgIpc) is 0. The van der Waals surface area contributed by atoms with Crippen molar-refractivity contribution in [2.24, 2.45) is 0 Å². The molecule has 0 nitrogen and oxygen atoms in total. The molecule has 0 atom stereocenters. The van der Waals surface area contributed by atoms with Gasteiger partial charge >= 0.3 is 0 Å². The van der Waals surface area contributed by atoms with Gasteiger partial charge in [-0.15, -0.1) is 0 Å². The van der Waals surface area contributed by atoms with Crippen molar-refractivity contribution in [1.82, 2.24) is 0 Å². The normalized spacial score (nSPS) is 0. The smallest absolute Gasteiger partial charge is 0 e. The van der Waals surface area contributed by atoms with E-state index in [1.165, 1.54) is 0 Å². The van der Waals surface area contributed by atoms with Crippen molar-refractivity contribution >= 4 is 0 Å². The number of hydrogen-bond acceptors (Lipinski definition) is 0. The van der Waals surface area contributed by atoms with Crippen molar-refractivity contribution < 1.29 is 111 Å². The van der Waals surface area contributed by atoms with Gasteiger partial charge in [0.15, 0.2) is 0 Å². The molecule has 0 aromatic rings. The molecule has 0 unspecified atom stereocenters. The maximum Gasteiger partial charge on any atom is 0 e. The minimum atomic E-state index is 0. The third-order valence-corrected chi connectivity index (χ3v) is 0. The summed E-state index contributed by atoms with van der Waals surface area (Å²) in [5.41, 5.74) is 0. The molecule has 0 N–H and O–H groups in total. The average molecular weight is 306 g/mol. The molecule has 6 heavy (non-hydrogen) atoms. The topological polar surface area (TPSA) is 0 Å². The molecule has 30 valence electrons. The van der Waals surface area contributed by atoms with Gasteiger partial charge < -0.3 is 0 Å². The quantitative estimate of drug-likeness (QED) is 0.590. The minimum absolute atomic E-state index is 0. The van der Waals surface area contributed by atoms with E-state index in [0.29, 0.717) is 0 Å². The summed E-state index contributed by atoms with van der Waals surface area (Å²) in [4.78, 5) is 0. The fourth-order valence-corrected chi connectivity index (χ4v) is 0. The molecule has 0 aromatic carbocycles. The monoisotopic (exact) mass is 306 g/mol. The van der Waals surface area contributed by atoms with Crippen molar-refractivity contribution in [1.29, 1.82) is 0 Å². The summed E-state index contributed by atoms with van der Waals surface area (Å²) >= 11 is 0. The van der Waals surface area contributed by atoms with Crippen LogP contribution in [0.2, 0.25) is 0 Å². The van der Waals surface area contributed by atoms with Crippen LogP contribution >= 0.6 is 0 Å². The van der Waals surface area contributed by atoms with Gasteiger partial charge in [-0.05, 0) is 0 Å². The van der Waals surface area contributed by atoms with Crippen LogP contribution in [0.5, 0.6) is 0 Å². The van der Waals surface area contributed by atoms with Crippen LogP contribution in [0, 0.1) is 0 Å². The zero-order valence-corrected chi connectivity index (χ0v) is 11.1. The molecular weight excluding hydrogens is 306 g/mol. The summed E-state index contributed by atoms with van der Waals surface area (Å²) in [6, 6.07) is 0. The molecule has 0 spiro atoms. The van der Waals surface area contributed by atoms with Gasteiger partial charge in [0, 0.05) is 111 Å². The predicted octanol–water partition coefficient (Wildman–Crippen LogP) is -0.0150. The van der Waals surface area contributed by atoms with Gasteiger partial charge in [-0.2, -0.15) is 0 Å². The maximum absolute atomic E-state index is 0. The first-order valence-corrected chi connectivity index (χ1v) is 0. The molecule has 0 aliphatic rings. The van der Waals surface area contributed by atoms with Gasteiger partial charge in [0.05, 0.1) is 0 Å². The minimum Gasteiger partial charge on any atom is 0 e. The van der Waals surface area contributed by atoms with Gasteiger partial charge in [0.2, 0.25) is 0 Å². The van der Waals surface area contributed by atoms with E-state index < -0.39 is 0 Å². The van der Waals surface area contributed by atoms with Crippen LogP contribution in [0.3, 0.4) is 0 Å². The summed E-state index contributed by atoms with van der Waals surface area (Å²) < 4.78 is 0. The Morgan fingerprint density at radius 3 is 0.167 bits per heavy atom. The van der Waals surface area contributed by atoms with Crippen LogP contribution in [0.15, 0.2) is 0 Å². The zero-order chi connectivity index (χ0) is 0. The van der Waals surface area contributed by atoms with E-state index in [2.05, 4.69) is 0 Å². The largest absolute Gasteiger partial charge is 0 e. The molecular formula is V6. The fraction of sp³-hybridized carbons (Fsp3) is 0. The van der Waals surface area contributed by atoms with E-state index in [1.807, 2.05) is 0 Å². The van der Waals surface area contributed by atoms with Crippen LogP contribution in [-0.2, 0) is 111 Å². The molecule has 0 bridgehead atoms. The van der Waals surface area contributed by atoms with Crippen LogP contribution in [-0.4, -0.2) is 0 Å². The molecule has 0 saturated carbocycles. The van der Waals surface area contributed by atoms with Gasteiger partial charge in [-0.25, -0.2) is 0 Å². The summed E-state index contributed by atoms with van der Waals surface area (Å²) in [6.45, 7) is 0. The fourth-order valence-electron chi connectivity index (χ4n) is 0. The van der Waals surface area contributed by atoms with Crippen LogP contribution in [0.1, 0.15) is 0 Å². The molecule has 0 aliphatic heterocycles. The van der Waals surface area contributed by atoms with Crippen LogP contribution < -0.4 is 0 Å². The Morgan fingerprint density at radius 1 is 0.167 bits per heavy atom. The Labute approximate surface area is 109 Å². The first-order chi connectivity index (χ1) is 0. The Kier molecular flexibility index (Phi) is 363. The van der Waals surface area contributed by atoms with Gasteiger partial charge in [0.25, 0.3) is 0 Å². The van der Waals surface area contributed by atoms with Gasteiger partial charge in [-0.1, -0.05) is 0 Å². The number of hydrogen-bond donors (Lipinski definition) is 0. The summed E-state index contributed by atoms with van der Waals surface area (Å²) in [7, 11) is 0. The Morgan fingerprint density at radius 2 is 0.167 bits per heavy atom. The molecule has 0 aliphatic carbocycles. The summed E-state index contributed by atoms with van der Waals surface area (Å²) in [5.74, 6) is 0. The van der Waals surface area contributed by atoms with Gasteiger partial charge in [0.1, 0.15) is 0 Å². The second-order valence-corrected chi connectivity index (χ2v) is 0. The summed E-state index contributed by atoms with van der Waals surface area (Å²) in [6.07, 6.45) is 0. The third-order valence-electron chi connectivity index (χ3n) is 0. The molecule has 6 heteroatoms. The predicted molar refractivity (Wildman–Crippen MR) is 0 cm³/mol. The first-order valence-electron chi connectivity index (χ1n) is 0. The maximum atomic E-state index is 0. The van der Waals surface area contributed by atoms with E-state index in [4.69, 9.17) is 0 Å². The molecule has 0 saturated heterocycles. The van der Waals surface area contributed by atoms with Gasteiger partial charge in [-0.3, -0.25) is 0 Å². The number of rotatable bonds is 0. The van der Waals surface area contributed by atoms with Crippen molar-refractivity contribution in [3.63, 3.8) is 0 Å². The SMILES string of the molecule is [V].[V].[V].[V].[V].[V]. The second-order valence-electron chi connectivity index (χ2n) is 0. The van der Waals surface area contributed by atoms with E-state index >= 15 is 0 Å². The Balaban J connectivity index is 0. The van der Waals surface area contributed by atoms with E-state index in [9.17, 15) is 0 Å². The molecule has 6 radical (unpaired) electrons. The van der Waals surface area contributed by atoms with E-state index in [1.54, 1.807) is 0 Å². The van der Waals surface area contributed by atoms with Crippen molar-refractivity contribution in [2.75, 3.05) is 0 Å². The van der Waals surface area contributed by atoms with E-state index in [-0.39, 0.29) is 111 Å². The Hall–Kier alpha value is 3.51. The third kappa shape index (κ3) is 25.8. The van der Waals surface area contributed by atoms with Crippen molar-refractivity contribution in [3.8, 4) is 0 Å². The standard InChI is InChI=1S/6V. The van der Waals surface area contributed by atoms with Crippen LogP contribution in [0.25, 0.3) is 0 Å². The summed E-state index contributed by atoms with van der Waals surface area (Å²) in [5, 5.41) is 0. The second kappa shape index (κ2) is 39.0. The van der Waals surface area contributed by atoms with Crippen molar-refractivity contribution in [3.05, 3.63) is 0 Å². The molecule has 0 heterocycles. The molecule has 0 aromatic heterocycles. The molecule has 0 rings (SSSR count). The van der Waals surface area contributed by atoms with Crippen LogP contribution in [0.4, 0.5) is 0 Å². The zero-order valence-electron chi connectivity index (χ0n) is 2.68. The molecule has 0 fully saturated rings. The van der Waals surface area contributed by atoms with Crippen molar-refractivity contribution in [2.45, 2.75) is 0 Å². The first kappa shape index (κ1) is 55.9.